The number of imidazole rings is 1. The predicted octanol–water partition coefficient (Wildman–Crippen LogP) is 3.16. The molecular formula is C19H23N3O. The number of benzene rings is 1. The number of aryl methyl sites for hydroxylation is 1. The Morgan fingerprint density at radius 3 is 2.65 bits per heavy atom. The van der Waals surface area contributed by atoms with Gasteiger partial charge in [0.05, 0.1) is 17.9 Å². The molecule has 1 aromatic carbocycles. The van der Waals surface area contributed by atoms with Gasteiger partial charge in [-0.15, -0.1) is 6.58 Å². The number of allylic oxidation sites excluding steroid dienone is 1. The van der Waals surface area contributed by atoms with Crippen molar-refractivity contribution in [1.82, 2.24) is 14.9 Å². The quantitative estimate of drug-likeness (QED) is 0.631. The van der Waals surface area contributed by atoms with Crippen molar-refractivity contribution in [2.24, 2.45) is 0 Å². The van der Waals surface area contributed by atoms with Gasteiger partial charge in [-0.05, 0) is 19.4 Å². The average molecular weight is 309 g/mol. The van der Waals surface area contributed by atoms with Crippen molar-refractivity contribution in [3.63, 3.8) is 0 Å². The van der Waals surface area contributed by atoms with E-state index in [4.69, 9.17) is 0 Å². The summed E-state index contributed by atoms with van der Waals surface area (Å²) in [5.41, 5.74) is 3.65. The zero-order chi connectivity index (χ0) is 16.8. The summed E-state index contributed by atoms with van der Waals surface area (Å²) < 4.78 is 2.12. The molecule has 0 aliphatic heterocycles. The van der Waals surface area contributed by atoms with Gasteiger partial charge in [0.15, 0.2) is 0 Å². The second-order valence-electron chi connectivity index (χ2n) is 5.58. The van der Waals surface area contributed by atoms with Crippen LogP contribution < -0.4 is 5.32 Å². The fraction of sp³-hybridized carbons (Fsp3) is 0.263. The van der Waals surface area contributed by atoms with Crippen LogP contribution in [0.25, 0.3) is 0 Å². The molecule has 1 aromatic heterocycles. The van der Waals surface area contributed by atoms with Crippen LogP contribution in [0.1, 0.15) is 29.7 Å². The monoisotopic (exact) mass is 309 g/mol. The van der Waals surface area contributed by atoms with Gasteiger partial charge in [0, 0.05) is 18.5 Å². The van der Waals surface area contributed by atoms with Crippen LogP contribution >= 0.6 is 0 Å². The molecule has 0 aliphatic carbocycles. The van der Waals surface area contributed by atoms with Gasteiger partial charge in [-0.3, -0.25) is 4.79 Å². The predicted molar refractivity (Wildman–Crippen MR) is 93.1 cm³/mol. The molecular weight excluding hydrogens is 286 g/mol. The molecule has 0 saturated heterocycles. The molecule has 0 fully saturated rings. The van der Waals surface area contributed by atoms with Crippen LogP contribution in [0, 0.1) is 6.92 Å². The van der Waals surface area contributed by atoms with Gasteiger partial charge in [-0.25, -0.2) is 4.98 Å². The minimum Gasteiger partial charge on any atom is -0.347 e. The highest BCUT2D eigenvalue weighted by Gasteiger charge is 2.14. The standard InChI is InChI=1S/C19H23N3O/c1-5-11-22-17(13-20-19(23)14(2)3)15(4)21-18(22)12-16-9-7-6-8-10-16/h5-10H,1-2,11-13H2,3-4H3,(H,20,23). The molecule has 4 nitrogen and oxygen atoms in total. The topological polar surface area (TPSA) is 46.9 Å². The number of rotatable bonds is 7. The molecule has 1 N–H and O–H groups in total. The molecule has 1 amide bonds. The third kappa shape index (κ3) is 4.19. The summed E-state index contributed by atoms with van der Waals surface area (Å²) in [4.78, 5) is 16.4. The summed E-state index contributed by atoms with van der Waals surface area (Å²) in [6.07, 6.45) is 2.60. The SMILES string of the molecule is C=CCn1c(Cc2ccccc2)nc(C)c1CNC(=O)C(=C)C. The molecule has 0 radical (unpaired) electrons. The van der Waals surface area contributed by atoms with E-state index in [2.05, 4.69) is 40.2 Å². The van der Waals surface area contributed by atoms with Crippen molar-refractivity contribution in [2.45, 2.75) is 33.4 Å². The van der Waals surface area contributed by atoms with Crippen molar-refractivity contribution in [2.75, 3.05) is 0 Å². The van der Waals surface area contributed by atoms with E-state index in [0.717, 1.165) is 23.6 Å². The van der Waals surface area contributed by atoms with Crippen LogP contribution in [0.3, 0.4) is 0 Å². The number of nitrogens with zero attached hydrogens (tertiary/aromatic N) is 2. The van der Waals surface area contributed by atoms with Crippen molar-refractivity contribution >= 4 is 5.91 Å². The number of amides is 1. The third-order valence-electron chi connectivity index (χ3n) is 3.67. The Hall–Kier alpha value is -2.62. The Morgan fingerprint density at radius 1 is 1.35 bits per heavy atom. The van der Waals surface area contributed by atoms with E-state index in [1.807, 2.05) is 31.2 Å². The molecule has 120 valence electrons. The zero-order valence-corrected chi connectivity index (χ0v) is 13.8. The largest absolute Gasteiger partial charge is 0.347 e. The minimum absolute atomic E-state index is 0.139. The maximum atomic E-state index is 11.7. The Balaban J connectivity index is 2.26. The van der Waals surface area contributed by atoms with Gasteiger partial charge < -0.3 is 9.88 Å². The summed E-state index contributed by atoms with van der Waals surface area (Å²) in [7, 11) is 0. The maximum Gasteiger partial charge on any atom is 0.246 e. The highest BCUT2D eigenvalue weighted by molar-refractivity contribution is 5.91. The average Bonchev–Trinajstić information content (AvgIpc) is 2.81. The van der Waals surface area contributed by atoms with Gasteiger partial charge in [-0.2, -0.15) is 0 Å². The van der Waals surface area contributed by atoms with E-state index in [1.165, 1.54) is 5.56 Å². The van der Waals surface area contributed by atoms with Gasteiger partial charge in [-0.1, -0.05) is 43.0 Å². The van der Waals surface area contributed by atoms with E-state index in [0.29, 0.717) is 18.7 Å². The number of carbonyl (C=O) groups excluding carboxylic acids is 1. The second-order valence-corrected chi connectivity index (χ2v) is 5.58. The summed E-state index contributed by atoms with van der Waals surface area (Å²) >= 11 is 0. The molecule has 2 aromatic rings. The fourth-order valence-electron chi connectivity index (χ4n) is 2.47. The number of aromatic nitrogens is 2. The van der Waals surface area contributed by atoms with E-state index < -0.39 is 0 Å². The van der Waals surface area contributed by atoms with E-state index in [1.54, 1.807) is 6.92 Å². The Morgan fingerprint density at radius 2 is 2.04 bits per heavy atom. The summed E-state index contributed by atoms with van der Waals surface area (Å²) in [5.74, 6) is 0.841. The third-order valence-corrected chi connectivity index (χ3v) is 3.67. The van der Waals surface area contributed by atoms with E-state index in [9.17, 15) is 4.79 Å². The Kier molecular flexibility index (Phi) is 5.52. The van der Waals surface area contributed by atoms with Crippen LogP contribution in [0.2, 0.25) is 0 Å². The Bertz CT molecular complexity index is 714. The lowest BCUT2D eigenvalue weighted by Crippen LogP contribution is -2.25. The molecule has 0 spiro atoms. The first kappa shape index (κ1) is 16.7. The van der Waals surface area contributed by atoms with Gasteiger partial charge in [0.2, 0.25) is 5.91 Å². The molecule has 2 rings (SSSR count). The van der Waals surface area contributed by atoms with Crippen LogP contribution in [-0.2, 0) is 24.3 Å². The first-order valence-electron chi connectivity index (χ1n) is 7.66. The van der Waals surface area contributed by atoms with Crippen LogP contribution in [0.15, 0.2) is 55.1 Å². The van der Waals surface area contributed by atoms with E-state index in [-0.39, 0.29) is 5.91 Å². The number of hydrogen-bond donors (Lipinski definition) is 1. The van der Waals surface area contributed by atoms with Crippen LogP contribution in [0.4, 0.5) is 0 Å². The maximum absolute atomic E-state index is 11.7. The van der Waals surface area contributed by atoms with Gasteiger partial charge >= 0.3 is 0 Å². The molecule has 0 unspecified atom stereocenters. The zero-order valence-electron chi connectivity index (χ0n) is 13.8. The number of hydrogen-bond acceptors (Lipinski definition) is 2. The van der Waals surface area contributed by atoms with Crippen molar-refractivity contribution in [3.05, 3.63) is 77.9 Å². The number of carbonyl (C=O) groups is 1. The fourth-order valence-corrected chi connectivity index (χ4v) is 2.47. The van der Waals surface area contributed by atoms with Gasteiger partial charge in [0.25, 0.3) is 0 Å². The lowest BCUT2D eigenvalue weighted by atomic mass is 10.1. The molecule has 0 aliphatic rings. The normalized spacial score (nSPS) is 10.3. The van der Waals surface area contributed by atoms with E-state index >= 15 is 0 Å². The second kappa shape index (κ2) is 7.58. The smallest absolute Gasteiger partial charge is 0.246 e. The Labute approximate surface area is 137 Å². The molecule has 4 heteroatoms. The number of nitrogens with one attached hydrogen (secondary N) is 1. The first-order chi connectivity index (χ1) is 11.0. The van der Waals surface area contributed by atoms with Crippen LogP contribution in [-0.4, -0.2) is 15.5 Å². The highest BCUT2D eigenvalue weighted by Crippen LogP contribution is 2.16. The molecule has 0 atom stereocenters. The first-order valence-corrected chi connectivity index (χ1v) is 7.66. The summed E-state index contributed by atoms with van der Waals surface area (Å²) in [6.45, 7) is 12.3. The highest BCUT2D eigenvalue weighted by atomic mass is 16.1. The van der Waals surface area contributed by atoms with Crippen molar-refractivity contribution in [1.29, 1.82) is 0 Å². The summed E-state index contributed by atoms with van der Waals surface area (Å²) in [5, 5.41) is 2.88. The molecule has 0 bridgehead atoms. The van der Waals surface area contributed by atoms with Crippen molar-refractivity contribution < 1.29 is 4.79 Å². The summed E-state index contributed by atoms with van der Waals surface area (Å²) in [6, 6.07) is 10.2. The molecule has 1 heterocycles. The minimum atomic E-state index is -0.139. The van der Waals surface area contributed by atoms with Crippen LogP contribution in [0.5, 0.6) is 0 Å². The lowest BCUT2D eigenvalue weighted by Gasteiger charge is -2.11. The molecule has 23 heavy (non-hydrogen) atoms. The van der Waals surface area contributed by atoms with Crippen molar-refractivity contribution in [3.8, 4) is 0 Å². The molecule has 0 saturated carbocycles. The van der Waals surface area contributed by atoms with Gasteiger partial charge in [0.1, 0.15) is 5.82 Å². The lowest BCUT2D eigenvalue weighted by molar-refractivity contribution is -0.117.